The molecule has 0 aliphatic rings. The Kier molecular flexibility index (Phi) is 9.55. The van der Waals surface area contributed by atoms with E-state index in [4.69, 9.17) is 11.6 Å². The maximum atomic E-state index is 13.1. The molecule has 1 unspecified atom stereocenters. The lowest BCUT2D eigenvalue weighted by atomic mass is 10.1. The number of amides is 2. The lowest BCUT2D eigenvalue weighted by molar-refractivity contribution is -0.139. The van der Waals surface area contributed by atoms with Gasteiger partial charge in [-0.05, 0) is 49.1 Å². The molecule has 2 amide bonds. The second-order valence-electron chi connectivity index (χ2n) is 6.89. The van der Waals surface area contributed by atoms with Gasteiger partial charge in [-0.15, -0.1) is 11.8 Å². The molecule has 0 fully saturated rings. The van der Waals surface area contributed by atoms with E-state index in [1.165, 1.54) is 11.1 Å². The molecule has 0 aliphatic heterocycles. The fourth-order valence-corrected chi connectivity index (χ4v) is 4.21. The molecule has 0 bridgehead atoms. The highest BCUT2D eigenvalue weighted by atomic mass is 35.5. The van der Waals surface area contributed by atoms with Crippen molar-refractivity contribution in [3.8, 4) is 0 Å². The van der Waals surface area contributed by atoms with Gasteiger partial charge in [0.15, 0.2) is 0 Å². The van der Waals surface area contributed by atoms with Gasteiger partial charge in [0.2, 0.25) is 11.8 Å². The van der Waals surface area contributed by atoms with Gasteiger partial charge in [-0.2, -0.15) is 0 Å². The minimum absolute atomic E-state index is 0.0309. The lowest BCUT2D eigenvalue weighted by Crippen LogP contribution is -2.49. The number of nitrogens with one attached hydrogen (secondary N) is 1. The first-order valence-corrected chi connectivity index (χ1v) is 11.4. The van der Waals surface area contributed by atoms with E-state index in [2.05, 4.69) is 24.4 Å². The third-order valence-electron chi connectivity index (χ3n) is 4.75. The standard InChI is InChI=1S/C23H29ClN2O2S/c1-4-21(23(28)25-5-2)26(14-18-10-12-20(24)13-11-18)22(27)16-29-15-19-9-7-6-8-17(19)3/h6-13,21H,4-5,14-16H2,1-3H3,(H,25,28). The van der Waals surface area contributed by atoms with Gasteiger partial charge in [-0.25, -0.2) is 0 Å². The quantitative estimate of drug-likeness (QED) is 0.585. The van der Waals surface area contributed by atoms with Gasteiger partial charge in [-0.3, -0.25) is 9.59 Å². The third kappa shape index (κ3) is 7.09. The summed E-state index contributed by atoms with van der Waals surface area (Å²) in [5.74, 6) is 0.959. The largest absolute Gasteiger partial charge is 0.355 e. The molecule has 0 spiro atoms. The number of aryl methyl sites for hydroxylation is 1. The van der Waals surface area contributed by atoms with Crippen LogP contribution in [0.2, 0.25) is 5.02 Å². The predicted octanol–water partition coefficient (Wildman–Crippen LogP) is 4.83. The first-order chi connectivity index (χ1) is 14.0. The number of halogens is 1. The highest BCUT2D eigenvalue weighted by molar-refractivity contribution is 7.99. The molecule has 0 saturated heterocycles. The number of hydrogen-bond acceptors (Lipinski definition) is 3. The van der Waals surface area contributed by atoms with Crippen LogP contribution in [-0.4, -0.2) is 35.1 Å². The number of benzene rings is 2. The van der Waals surface area contributed by atoms with Gasteiger partial charge >= 0.3 is 0 Å². The van der Waals surface area contributed by atoms with Crippen LogP contribution in [0.3, 0.4) is 0 Å². The van der Waals surface area contributed by atoms with Crippen molar-refractivity contribution in [1.82, 2.24) is 10.2 Å². The lowest BCUT2D eigenvalue weighted by Gasteiger charge is -2.30. The van der Waals surface area contributed by atoms with Crippen LogP contribution in [0.5, 0.6) is 0 Å². The average molecular weight is 433 g/mol. The molecule has 29 heavy (non-hydrogen) atoms. The molecule has 6 heteroatoms. The summed E-state index contributed by atoms with van der Waals surface area (Å²) >= 11 is 7.56. The summed E-state index contributed by atoms with van der Waals surface area (Å²) in [5, 5.41) is 3.50. The molecule has 4 nitrogen and oxygen atoms in total. The van der Waals surface area contributed by atoms with E-state index in [0.717, 1.165) is 11.3 Å². The number of carbonyl (C=O) groups is 2. The highest BCUT2D eigenvalue weighted by Crippen LogP contribution is 2.19. The summed E-state index contributed by atoms with van der Waals surface area (Å²) in [7, 11) is 0. The fourth-order valence-electron chi connectivity index (χ4n) is 3.10. The first kappa shape index (κ1) is 23.3. The fraction of sp³-hybridized carbons (Fsp3) is 0.391. The summed E-state index contributed by atoms with van der Waals surface area (Å²) < 4.78 is 0. The van der Waals surface area contributed by atoms with Crippen LogP contribution in [0.1, 0.15) is 37.0 Å². The van der Waals surface area contributed by atoms with E-state index >= 15 is 0 Å². The van der Waals surface area contributed by atoms with Gasteiger partial charge in [0.05, 0.1) is 5.75 Å². The molecular weight excluding hydrogens is 404 g/mol. The van der Waals surface area contributed by atoms with Crippen molar-refractivity contribution < 1.29 is 9.59 Å². The molecule has 0 radical (unpaired) electrons. The van der Waals surface area contributed by atoms with E-state index in [9.17, 15) is 9.59 Å². The van der Waals surface area contributed by atoms with E-state index in [1.54, 1.807) is 28.8 Å². The van der Waals surface area contributed by atoms with Crippen molar-refractivity contribution in [2.75, 3.05) is 12.3 Å². The van der Waals surface area contributed by atoms with Crippen LogP contribution in [0, 0.1) is 6.92 Å². The monoisotopic (exact) mass is 432 g/mol. The zero-order valence-electron chi connectivity index (χ0n) is 17.3. The molecule has 0 aliphatic carbocycles. The van der Waals surface area contributed by atoms with E-state index in [-0.39, 0.29) is 11.8 Å². The SMILES string of the molecule is CCNC(=O)C(CC)N(Cc1ccc(Cl)cc1)C(=O)CSCc1ccccc1C. The molecular formula is C23H29ClN2O2S. The molecule has 1 atom stereocenters. The normalized spacial score (nSPS) is 11.7. The number of thioether (sulfide) groups is 1. The Bertz CT molecular complexity index is 811. The molecule has 2 aromatic rings. The number of hydrogen-bond donors (Lipinski definition) is 1. The first-order valence-electron chi connectivity index (χ1n) is 9.90. The molecule has 156 valence electrons. The second kappa shape index (κ2) is 11.9. The third-order valence-corrected chi connectivity index (χ3v) is 5.97. The smallest absolute Gasteiger partial charge is 0.242 e. The zero-order chi connectivity index (χ0) is 21.2. The summed E-state index contributed by atoms with van der Waals surface area (Å²) in [6.07, 6.45) is 0.563. The summed E-state index contributed by atoms with van der Waals surface area (Å²) in [6.45, 7) is 6.82. The van der Waals surface area contributed by atoms with Gasteiger partial charge in [0, 0.05) is 23.9 Å². The Morgan fingerprint density at radius 2 is 1.79 bits per heavy atom. The van der Waals surface area contributed by atoms with Crippen LogP contribution < -0.4 is 5.32 Å². The highest BCUT2D eigenvalue weighted by Gasteiger charge is 2.28. The number of likely N-dealkylation sites (N-methyl/N-ethyl adjacent to an activating group) is 1. The topological polar surface area (TPSA) is 49.4 Å². The Morgan fingerprint density at radius 1 is 1.10 bits per heavy atom. The minimum atomic E-state index is -0.489. The van der Waals surface area contributed by atoms with Gasteiger partial charge in [0.25, 0.3) is 0 Å². The van der Waals surface area contributed by atoms with Crippen molar-refractivity contribution in [3.05, 3.63) is 70.2 Å². The van der Waals surface area contributed by atoms with Gasteiger partial charge < -0.3 is 10.2 Å². The van der Waals surface area contributed by atoms with Crippen LogP contribution in [0.15, 0.2) is 48.5 Å². The van der Waals surface area contributed by atoms with Crippen LogP contribution >= 0.6 is 23.4 Å². The minimum Gasteiger partial charge on any atom is -0.355 e. The Hall–Kier alpha value is -1.98. The van der Waals surface area contributed by atoms with Crippen molar-refractivity contribution in [3.63, 3.8) is 0 Å². The van der Waals surface area contributed by atoms with E-state index < -0.39 is 6.04 Å². The Morgan fingerprint density at radius 3 is 2.41 bits per heavy atom. The Balaban J connectivity index is 2.11. The molecule has 2 rings (SSSR count). The number of rotatable bonds is 10. The predicted molar refractivity (Wildman–Crippen MR) is 122 cm³/mol. The summed E-state index contributed by atoms with van der Waals surface area (Å²) in [4.78, 5) is 27.4. The van der Waals surface area contributed by atoms with Crippen molar-refractivity contribution in [2.45, 2.75) is 45.5 Å². The van der Waals surface area contributed by atoms with Gasteiger partial charge in [0.1, 0.15) is 6.04 Å². The maximum absolute atomic E-state index is 13.1. The van der Waals surface area contributed by atoms with Crippen LogP contribution in [-0.2, 0) is 21.9 Å². The van der Waals surface area contributed by atoms with Crippen molar-refractivity contribution in [2.24, 2.45) is 0 Å². The maximum Gasteiger partial charge on any atom is 0.242 e. The van der Waals surface area contributed by atoms with Crippen molar-refractivity contribution >= 4 is 35.2 Å². The number of nitrogens with zero attached hydrogens (tertiary/aromatic N) is 1. The molecule has 2 aromatic carbocycles. The summed E-state index contributed by atoms with van der Waals surface area (Å²) in [5.41, 5.74) is 3.40. The molecule has 0 heterocycles. The molecule has 0 saturated carbocycles. The Labute approximate surface area is 183 Å². The van der Waals surface area contributed by atoms with Crippen molar-refractivity contribution in [1.29, 1.82) is 0 Å². The molecule has 1 N–H and O–H groups in total. The van der Waals surface area contributed by atoms with E-state index in [0.29, 0.717) is 30.3 Å². The van der Waals surface area contributed by atoms with Gasteiger partial charge in [-0.1, -0.05) is 54.9 Å². The van der Waals surface area contributed by atoms with E-state index in [1.807, 2.05) is 38.1 Å². The second-order valence-corrected chi connectivity index (χ2v) is 8.31. The summed E-state index contributed by atoms with van der Waals surface area (Å²) in [6, 6.07) is 15.1. The zero-order valence-corrected chi connectivity index (χ0v) is 18.9. The van der Waals surface area contributed by atoms with Crippen LogP contribution in [0.4, 0.5) is 0 Å². The average Bonchev–Trinajstić information content (AvgIpc) is 2.71. The number of carbonyl (C=O) groups excluding carboxylic acids is 2. The molecule has 0 aromatic heterocycles. The van der Waals surface area contributed by atoms with Crippen LogP contribution in [0.25, 0.3) is 0 Å².